The molecule has 1 saturated heterocycles. The molecule has 18 heavy (non-hydrogen) atoms. The van der Waals surface area contributed by atoms with Gasteiger partial charge in [-0.25, -0.2) is 0 Å². The molecule has 0 spiro atoms. The molecule has 1 aromatic heterocycles. The van der Waals surface area contributed by atoms with Crippen LogP contribution in [0.2, 0.25) is 0 Å². The minimum Gasteiger partial charge on any atom is -0.395 e. The SMILES string of the molecule is OCC1CCCCN1CCNCc1ccncc1. The molecule has 1 aliphatic rings. The van der Waals surface area contributed by atoms with Crippen LogP contribution in [0.15, 0.2) is 24.5 Å². The summed E-state index contributed by atoms with van der Waals surface area (Å²) >= 11 is 0. The molecular weight excluding hydrogens is 226 g/mol. The third kappa shape index (κ3) is 4.05. The van der Waals surface area contributed by atoms with Crippen molar-refractivity contribution in [2.75, 3.05) is 26.2 Å². The number of nitrogens with one attached hydrogen (secondary N) is 1. The van der Waals surface area contributed by atoms with Crippen molar-refractivity contribution in [3.05, 3.63) is 30.1 Å². The van der Waals surface area contributed by atoms with Gasteiger partial charge in [-0.15, -0.1) is 0 Å². The van der Waals surface area contributed by atoms with E-state index < -0.39 is 0 Å². The van der Waals surface area contributed by atoms with Crippen LogP contribution in [-0.2, 0) is 6.54 Å². The Morgan fingerprint density at radius 3 is 2.94 bits per heavy atom. The minimum atomic E-state index is 0.296. The van der Waals surface area contributed by atoms with E-state index in [1.807, 2.05) is 24.5 Å². The van der Waals surface area contributed by atoms with E-state index >= 15 is 0 Å². The van der Waals surface area contributed by atoms with Gasteiger partial charge in [-0.05, 0) is 37.1 Å². The smallest absolute Gasteiger partial charge is 0.0586 e. The lowest BCUT2D eigenvalue weighted by Crippen LogP contribution is -2.44. The molecule has 1 atom stereocenters. The lowest BCUT2D eigenvalue weighted by molar-refractivity contribution is 0.0910. The maximum atomic E-state index is 9.33. The second kappa shape index (κ2) is 7.46. The Morgan fingerprint density at radius 2 is 2.17 bits per heavy atom. The highest BCUT2D eigenvalue weighted by molar-refractivity contribution is 5.08. The molecule has 2 N–H and O–H groups in total. The topological polar surface area (TPSA) is 48.4 Å². The van der Waals surface area contributed by atoms with Crippen LogP contribution in [-0.4, -0.2) is 47.3 Å². The lowest BCUT2D eigenvalue weighted by atomic mass is 10.0. The van der Waals surface area contributed by atoms with E-state index in [9.17, 15) is 5.11 Å². The van der Waals surface area contributed by atoms with Crippen LogP contribution in [0.3, 0.4) is 0 Å². The van der Waals surface area contributed by atoms with E-state index in [0.29, 0.717) is 12.6 Å². The Kier molecular flexibility index (Phi) is 5.58. The number of aliphatic hydroxyl groups excluding tert-OH is 1. The van der Waals surface area contributed by atoms with E-state index in [-0.39, 0.29) is 0 Å². The molecule has 1 aliphatic heterocycles. The molecule has 0 radical (unpaired) electrons. The third-order valence-corrected chi connectivity index (χ3v) is 3.61. The van der Waals surface area contributed by atoms with Crippen LogP contribution in [0.5, 0.6) is 0 Å². The van der Waals surface area contributed by atoms with Crippen LogP contribution < -0.4 is 5.32 Å². The molecular formula is C14H23N3O. The van der Waals surface area contributed by atoms with E-state index in [4.69, 9.17) is 0 Å². The first-order valence-corrected chi connectivity index (χ1v) is 6.84. The molecule has 2 rings (SSSR count). The van der Waals surface area contributed by atoms with E-state index in [0.717, 1.165) is 32.6 Å². The molecule has 4 nitrogen and oxygen atoms in total. The first-order valence-electron chi connectivity index (χ1n) is 6.84. The van der Waals surface area contributed by atoms with E-state index in [2.05, 4.69) is 15.2 Å². The molecule has 2 heterocycles. The van der Waals surface area contributed by atoms with Crippen molar-refractivity contribution < 1.29 is 5.11 Å². The number of piperidine rings is 1. The van der Waals surface area contributed by atoms with Crippen LogP contribution in [0.25, 0.3) is 0 Å². The van der Waals surface area contributed by atoms with Crippen LogP contribution in [0, 0.1) is 0 Å². The summed E-state index contributed by atoms with van der Waals surface area (Å²) in [6.07, 6.45) is 7.31. The zero-order chi connectivity index (χ0) is 12.6. The van der Waals surface area contributed by atoms with Gasteiger partial charge in [0.1, 0.15) is 0 Å². The molecule has 0 aromatic carbocycles. The lowest BCUT2D eigenvalue weighted by Gasteiger charge is -2.34. The predicted octanol–water partition coefficient (Wildman–Crippen LogP) is 1.02. The number of hydrogen-bond donors (Lipinski definition) is 2. The highest BCUT2D eigenvalue weighted by atomic mass is 16.3. The first-order chi connectivity index (χ1) is 8.90. The maximum absolute atomic E-state index is 9.33. The Hall–Kier alpha value is -0.970. The largest absolute Gasteiger partial charge is 0.395 e. The fourth-order valence-corrected chi connectivity index (χ4v) is 2.52. The third-order valence-electron chi connectivity index (χ3n) is 3.61. The maximum Gasteiger partial charge on any atom is 0.0586 e. The van der Waals surface area contributed by atoms with Crippen molar-refractivity contribution in [2.45, 2.75) is 31.8 Å². The van der Waals surface area contributed by atoms with Crippen LogP contribution in [0.1, 0.15) is 24.8 Å². The molecule has 4 heteroatoms. The van der Waals surface area contributed by atoms with Gasteiger partial charge in [-0.3, -0.25) is 9.88 Å². The fraction of sp³-hybridized carbons (Fsp3) is 0.643. The molecule has 100 valence electrons. The quantitative estimate of drug-likeness (QED) is 0.739. The highest BCUT2D eigenvalue weighted by Crippen LogP contribution is 2.15. The predicted molar refractivity (Wildman–Crippen MR) is 72.2 cm³/mol. The first kappa shape index (κ1) is 13.5. The normalized spacial score (nSPS) is 21.1. The number of aliphatic hydroxyl groups is 1. The number of likely N-dealkylation sites (tertiary alicyclic amines) is 1. The van der Waals surface area contributed by atoms with Gasteiger partial charge in [0.15, 0.2) is 0 Å². The molecule has 0 saturated carbocycles. The molecule has 0 amide bonds. The summed E-state index contributed by atoms with van der Waals surface area (Å²) in [7, 11) is 0. The number of aromatic nitrogens is 1. The van der Waals surface area contributed by atoms with Crippen LogP contribution >= 0.6 is 0 Å². The monoisotopic (exact) mass is 249 g/mol. The van der Waals surface area contributed by atoms with Crippen molar-refractivity contribution in [2.24, 2.45) is 0 Å². The van der Waals surface area contributed by atoms with Crippen molar-refractivity contribution in [1.29, 1.82) is 0 Å². The summed E-state index contributed by atoms with van der Waals surface area (Å²) in [5.74, 6) is 0. The average Bonchev–Trinajstić information content (AvgIpc) is 2.45. The Labute approximate surface area is 109 Å². The molecule has 0 bridgehead atoms. The zero-order valence-corrected chi connectivity index (χ0v) is 10.9. The van der Waals surface area contributed by atoms with E-state index in [1.54, 1.807) is 0 Å². The Bertz CT molecular complexity index is 331. The molecule has 0 aliphatic carbocycles. The van der Waals surface area contributed by atoms with Crippen molar-refractivity contribution in [3.8, 4) is 0 Å². The summed E-state index contributed by atoms with van der Waals surface area (Å²) in [4.78, 5) is 6.41. The van der Waals surface area contributed by atoms with Gasteiger partial charge in [-0.1, -0.05) is 6.42 Å². The van der Waals surface area contributed by atoms with Gasteiger partial charge in [0.25, 0.3) is 0 Å². The summed E-state index contributed by atoms with van der Waals surface area (Å²) in [5.41, 5.74) is 1.27. The number of nitrogens with zero attached hydrogens (tertiary/aromatic N) is 2. The molecule has 1 unspecified atom stereocenters. The van der Waals surface area contributed by atoms with Gasteiger partial charge in [0, 0.05) is 38.1 Å². The fourth-order valence-electron chi connectivity index (χ4n) is 2.52. The summed E-state index contributed by atoms with van der Waals surface area (Å²) in [5, 5.41) is 12.8. The van der Waals surface area contributed by atoms with Gasteiger partial charge in [-0.2, -0.15) is 0 Å². The van der Waals surface area contributed by atoms with Gasteiger partial charge in [0.05, 0.1) is 6.61 Å². The summed E-state index contributed by atoms with van der Waals surface area (Å²) < 4.78 is 0. The highest BCUT2D eigenvalue weighted by Gasteiger charge is 2.20. The number of rotatable bonds is 6. The zero-order valence-electron chi connectivity index (χ0n) is 10.9. The number of hydrogen-bond acceptors (Lipinski definition) is 4. The van der Waals surface area contributed by atoms with Gasteiger partial charge in [0.2, 0.25) is 0 Å². The summed E-state index contributed by atoms with van der Waals surface area (Å²) in [6.45, 7) is 4.31. The van der Waals surface area contributed by atoms with E-state index in [1.165, 1.54) is 18.4 Å². The van der Waals surface area contributed by atoms with Gasteiger partial charge < -0.3 is 10.4 Å². The van der Waals surface area contributed by atoms with Crippen molar-refractivity contribution in [3.63, 3.8) is 0 Å². The Balaban J connectivity index is 1.65. The second-order valence-electron chi connectivity index (χ2n) is 4.90. The molecule has 1 fully saturated rings. The second-order valence-corrected chi connectivity index (χ2v) is 4.90. The average molecular weight is 249 g/mol. The van der Waals surface area contributed by atoms with Crippen molar-refractivity contribution in [1.82, 2.24) is 15.2 Å². The molecule has 1 aromatic rings. The number of pyridine rings is 1. The van der Waals surface area contributed by atoms with Gasteiger partial charge >= 0.3 is 0 Å². The summed E-state index contributed by atoms with van der Waals surface area (Å²) in [6, 6.07) is 4.44. The van der Waals surface area contributed by atoms with Crippen molar-refractivity contribution >= 4 is 0 Å². The minimum absolute atomic E-state index is 0.296. The Morgan fingerprint density at radius 1 is 1.33 bits per heavy atom. The standard InChI is InChI=1S/C14H23N3O/c18-12-14-3-1-2-9-17(14)10-8-16-11-13-4-6-15-7-5-13/h4-7,14,16,18H,1-3,8-12H2. The van der Waals surface area contributed by atoms with Crippen LogP contribution in [0.4, 0.5) is 0 Å².